The third-order valence-corrected chi connectivity index (χ3v) is 2.42. The number of hydrogen-bond acceptors (Lipinski definition) is 3. The maximum Gasteiger partial charge on any atom is 0.168 e. The zero-order valence-corrected chi connectivity index (χ0v) is 8.72. The van der Waals surface area contributed by atoms with E-state index < -0.39 is 0 Å². The largest absolute Gasteiger partial charge is 0.496 e. The van der Waals surface area contributed by atoms with Gasteiger partial charge in [-0.05, 0) is 25.5 Å². The first-order valence-corrected chi connectivity index (χ1v) is 4.68. The van der Waals surface area contributed by atoms with Crippen LogP contribution in [0, 0.1) is 13.8 Å². The molecule has 0 atom stereocenters. The molecule has 1 aliphatic rings. The van der Waals surface area contributed by atoms with Crippen molar-refractivity contribution in [3.63, 3.8) is 0 Å². The highest BCUT2D eigenvalue weighted by Gasteiger charge is 2.19. The van der Waals surface area contributed by atoms with Crippen molar-refractivity contribution in [1.29, 1.82) is 0 Å². The van der Waals surface area contributed by atoms with E-state index in [4.69, 9.17) is 14.2 Å². The van der Waals surface area contributed by atoms with Crippen LogP contribution in [-0.2, 0) is 0 Å². The molecule has 1 heterocycles. The van der Waals surface area contributed by atoms with E-state index in [1.807, 2.05) is 19.9 Å². The zero-order chi connectivity index (χ0) is 10.1. The molecular formula is C11H14O3. The van der Waals surface area contributed by atoms with Crippen LogP contribution >= 0.6 is 0 Å². The summed E-state index contributed by atoms with van der Waals surface area (Å²) in [5.74, 6) is 2.54. The second kappa shape index (κ2) is 3.40. The quantitative estimate of drug-likeness (QED) is 0.685. The van der Waals surface area contributed by atoms with Crippen LogP contribution in [0.3, 0.4) is 0 Å². The molecule has 0 unspecified atom stereocenters. The van der Waals surface area contributed by atoms with Gasteiger partial charge >= 0.3 is 0 Å². The van der Waals surface area contributed by atoms with Crippen molar-refractivity contribution in [2.45, 2.75) is 13.8 Å². The van der Waals surface area contributed by atoms with E-state index >= 15 is 0 Å². The predicted molar refractivity (Wildman–Crippen MR) is 53.5 cm³/mol. The predicted octanol–water partition coefficient (Wildman–Crippen LogP) is 2.08. The Bertz CT molecular complexity index is 358. The van der Waals surface area contributed by atoms with Crippen molar-refractivity contribution < 1.29 is 14.2 Å². The molecule has 0 aromatic heterocycles. The van der Waals surface area contributed by atoms with Gasteiger partial charge in [0.15, 0.2) is 11.5 Å². The normalized spacial score (nSPS) is 13.9. The number of rotatable bonds is 1. The van der Waals surface area contributed by atoms with Crippen LogP contribution in [0.15, 0.2) is 6.07 Å². The molecule has 1 aromatic rings. The standard InChI is InChI=1S/C11H14O3/c1-7-6-9(12-3)8(2)11-10(7)13-4-5-14-11/h6H,4-5H2,1-3H3. The molecule has 0 radical (unpaired) electrons. The average Bonchev–Trinajstić information content (AvgIpc) is 2.23. The first-order valence-electron chi connectivity index (χ1n) is 4.68. The fourth-order valence-corrected chi connectivity index (χ4v) is 1.68. The molecule has 0 aliphatic carbocycles. The number of methoxy groups -OCH3 is 1. The van der Waals surface area contributed by atoms with Gasteiger partial charge in [0.2, 0.25) is 0 Å². The Morgan fingerprint density at radius 1 is 1.14 bits per heavy atom. The van der Waals surface area contributed by atoms with Gasteiger partial charge in [-0.15, -0.1) is 0 Å². The summed E-state index contributed by atoms with van der Waals surface area (Å²) in [4.78, 5) is 0. The second-order valence-electron chi connectivity index (χ2n) is 3.38. The lowest BCUT2D eigenvalue weighted by Gasteiger charge is -2.23. The molecule has 0 saturated carbocycles. The van der Waals surface area contributed by atoms with Crippen LogP contribution in [0.4, 0.5) is 0 Å². The van der Waals surface area contributed by atoms with Crippen molar-refractivity contribution in [1.82, 2.24) is 0 Å². The number of ether oxygens (including phenoxy) is 3. The van der Waals surface area contributed by atoms with Crippen molar-refractivity contribution >= 4 is 0 Å². The smallest absolute Gasteiger partial charge is 0.168 e. The van der Waals surface area contributed by atoms with Gasteiger partial charge in [0.05, 0.1) is 7.11 Å². The molecule has 0 N–H and O–H groups in total. The second-order valence-corrected chi connectivity index (χ2v) is 3.38. The highest BCUT2D eigenvalue weighted by atomic mass is 16.6. The SMILES string of the molecule is COc1cc(C)c2c(c1C)OCCO2. The molecule has 3 heteroatoms. The molecule has 0 amide bonds. The molecule has 1 aromatic carbocycles. The summed E-state index contributed by atoms with van der Waals surface area (Å²) in [5.41, 5.74) is 2.06. The third kappa shape index (κ3) is 1.29. The Morgan fingerprint density at radius 3 is 2.43 bits per heavy atom. The van der Waals surface area contributed by atoms with Crippen molar-refractivity contribution in [3.05, 3.63) is 17.2 Å². The van der Waals surface area contributed by atoms with Crippen LogP contribution in [0.5, 0.6) is 17.2 Å². The maximum absolute atomic E-state index is 5.57. The Morgan fingerprint density at radius 2 is 1.79 bits per heavy atom. The molecule has 0 saturated heterocycles. The molecule has 0 fully saturated rings. The van der Waals surface area contributed by atoms with E-state index in [2.05, 4.69) is 0 Å². The lowest BCUT2D eigenvalue weighted by Crippen LogP contribution is -2.17. The Kier molecular flexibility index (Phi) is 2.23. The number of aryl methyl sites for hydroxylation is 1. The average molecular weight is 194 g/mol. The summed E-state index contributed by atoms with van der Waals surface area (Å²) in [7, 11) is 1.66. The van der Waals surface area contributed by atoms with Crippen LogP contribution < -0.4 is 14.2 Å². The summed E-state index contributed by atoms with van der Waals surface area (Å²) in [6.45, 7) is 5.21. The zero-order valence-electron chi connectivity index (χ0n) is 8.72. The van der Waals surface area contributed by atoms with E-state index in [1.165, 1.54) is 0 Å². The van der Waals surface area contributed by atoms with Crippen LogP contribution in [0.2, 0.25) is 0 Å². The van der Waals surface area contributed by atoms with Gasteiger partial charge in [0, 0.05) is 5.56 Å². The number of benzene rings is 1. The van der Waals surface area contributed by atoms with Gasteiger partial charge < -0.3 is 14.2 Å². The minimum atomic E-state index is 0.612. The fourth-order valence-electron chi connectivity index (χ4n) is 1.68. The number of fused-ring (bicyclic) bond motifs is 1. The van der Waals surface area contributed by atoms with E-state index in [1.54, 1.807) is 7.11 Å². The minimum Gasteiger partial charge on any atom is -0.496 e. The summed E-state index contributed by atoms with van der Waals surface area (Å²) in [6, 6.07) is 1.98. The minimum absolute atomic E-state index is 0.612. The van der Waals surface area contributed by atoms with Crippen LogP contribution in [-0.4, -0.2) is 20.3 Å². The van der Waals surface area contributed by atoms with Gasteiger partial charge in [0.1, 0.15) is 19.0 Å². The fraction of sp³-hybridized carbons (Fsp3) is 0.455. The lowest BCUT2D eigenvalue weighted by atomic mass is 10.1. The molecule has 3 nitrogen and oxygen atoms in total. The molecule has 2 rings (SSSR count). The molecule has 14 heavy (non-hydrogen) atoms. The monoisotopic (exact) mass is 194 g/mol. The van der Waals surface area contributed by atoms with Crippen LogP contribution in [0.25, 0.3) is 0 Å². The van der Waals surface area contributed by atoms with Crippen LogP contribution in [0.1, 0.15) is 11.1 Å². The maximum atomic E-state index is 5.57. The Labute approximate surface area is 83.6 Å². The van der Waals surface area contributed by atoms with Gasteiger partial charge in [-0.2, -0.15) is 0 Å². The topological polar surface area (TPSA) is 27.7 Å². The Balaban J connectivity index is 2.58. The highest BCUT2D eigenvalue weighted by Crippen LogP contribution is 2.41. The molecule has 0 bridgehead atoms. The molecule has 1 aliphatic heterocycles. The highest BCUT2D eigenvalue weighted by molar-refractivity contribution is 5.57. The molecule has 0 spiro atoms. The first-order chi connectivity index (χ1) is 6.74. The van der Waals surface area contributed by atoms with Crippen molar-refractivity contribution in [2.75, 3.05) is 20.3 Å². The molecule has 76 valence electrons. The van der Waals surface area contributed by atoms with Crippen molar-refractivity contribution in [3.8, 4) is 17.2 Å². The summed E-state index contributed by atoms with van der Waals surface area (Å²) in [5, 5.41) is 0. The lowest BCUT2D eigenvalue weighted by molar-refractivity contribution is 0.168. The summed E-state index contributed by atoms with van der Waals surface area (Å²) < 4.78 is 16.4. The van der Waals surface area contributed by atoms with Crippen molar-refractivity contribution in [2.24, 2.45) is 0 Å². The summed E-state index contributed by atoms with van der Waals surface area (Å²) in [6.07, 6.45) is 0. The van der Waals surface area contributed by atoms with Gasteiger partial charge in [0.25, 0.3) is 0 Å². The van der Waals surface area contributed by atoms with E-state index in [0.29, 0.717) is 13.2 Å². The van der Waals surface area contributed by atoms with E-state index in [0.717, 1.165) is 28.4 Å². The van der Waals surface area contributed by atoms with Gasteiger partial charge in [-0.1, -0.05) is 0 Å². The third-order valence-electron chi connectivity index (χ3n) is 2.42. The van der Waals surface area contributed by atoms with Gasteiger partial charge in [-0.3, -0.25) is 0 Å². The number of hydrogen-bond donors (Lipinski definition) is 0. The van der Waals surface area contributed by atoms with E-state index in [9.17, 15) is 0 Å². The van der Waals surface area contributed by atoms with Gasteiger partial charge in [-0.25, -0.2) is 0 Å². The Hall–Kier alpha value is -1.38. The molecular weight excluding hydrogens is 180 g/mol. The summed E-state index contributed by atoms with van der Waals surface area (Å²) >= 11 is 0. The first kappa shape index (κ1) is 9.19. The van der Waals surface area contributed by atoms with E-state index in [-0.39, 0.29) is 0 Å².